The first-order valence-corrected chi connectivity index (χ1v) is 10.3. The predicted octanol–water partition coefficient (Wildman–Crippen LogP) is 5.40. The zero-order valence-corrected chi connectivity index (χ0v) is 16.6. The number of allylic oxidation sites excluding steroid dienone is 1. The summed E-state index contributed by atoms with van der Waals surface area (Å²) in [5.74, 6) is 0.0487. The molecule has 0 spiro atoms. The van der Waals surface area contributed by atoms with E-state index in [1.54, 1.807) is 48.5 Å². The Morgan fingerprint density at radius 2 is 1.79 bits per heavy atom. The number of nitrogens with zero attached hydrogens (tertiary/aromatic N) is 1. The Bertz CT molecular complexity index is 1200. The molecule has 0 radical (unpaired) electrons. The van der Waals surface area contributed by atoms with Gasteiger partial charge in [0.05, 0.1) is 4.90 Å². The summed E-state index contributed by atoms with van der Waals surface area (Å²) >= 11 is 5.79. The highest BCUT2D eigenvalue weighted by Crippen LogP contribution is 2.24. The van der Waals surface area contributed by atoms with Gasteiger partial charge in [-0.25, -0.2) is 12.8 Å². The van der Waals surface area contributed by atoms with E-state index >= 15 is 0 Å². The van der Waals surface area contributed by atoms with Crippen LogP contribution in [0.15, 0.2) is 82.6 Å². The number of rotatable bonds is 6. The van der Waals surface area contributed by atoms with E-state index in [4.69, 9.17) is 16.3 Å². The molecule has 146 valence electrons. The van der Waals surface area contributed by atoms with E-state index in [0.717, 1.165) is 0 Å². The summed E-state index contributed by atoms with van der Waals surface area (Å²) in [5.41, 5.74) is 0.863. The summed E-state index contributed by atoms with van der Waals surface area (Å²) in [6.07, 6.45) is 1.26. The zero-order chi connectivity index (χ0) is 20.9. The molecule has 0 saturated carbocycles. The van der Waals surface area contributed by atoms with Crippen LogP contribution in [0.2, 0.25) is 5.02 Å². The van der Waals surface area contributed by atoms with Gasteiger partial charge in [0, 0.05) is 10.6 Å². The molecule has 0 aliphatic heterocycles. The van der Waals surface area contributed by atoms with E-state index in [-0.39, 0.29) is 17.3 Å². The first-order valence-electron chi connectivity index (χ1n) is 8.49. The molecule has 0 saturated heterocycles. The third-order valence-electron chi connectivity index (χ3n) is 4.03. The van der Waals surface area contributed by atoms with Crippen LogP contribution in [0.3, 0.4) is 0 Å². The van der Waals surface area contributed by atoms with Crippen molar-refractivity contribution in [3.63, 3.8) is 0 Å². The van der Waals surface area contributed by atoms with Crippen molar-refractivity contribution in [3.8, 4) is 11.8 Å². The molecule has 0 aromatic heterocycles. The Morgan fingerprint density at radius 3 is 2.48 bits per heavy atom. The number of ether oxygens (including phenoxy) is 1. The van der Waals surface area contributed by atoms with Gasteiger partial charge in [0.1, 0.15) is 29.1 Å². The van der Waals surface area contributed by atoms with Crippen LogP contribution in [0.25, 0.3) is 6.08 Å². The van der Waals surface area contributed by atoms with Crippen LogP contribution in [-0.2, 0) is 16.4 Å². The van der Waals surface area contributed by atoms with Crippen LogP contribution in [-0.4, -0.2) is 8.42 Å². The second kappa shape index (κ2) is 8.91. The van der Waals surface area contributed by atoms with Crippen molar-refractivity contribution in [2.24, 2.45) is 0 Å². The van der Waals surface area contributed by atoms with Gasteiger partial charge in [-0.1, -0.05) is 41.9 Å². The first-order chi connectivity index (χ1) is 13.9. The fourth-order valence-electron chi connectivity index (χ4n) is 2.53. The molecular formula is C22H15ClFNO3S. The molecular weight excluding hydrogens is 413 g/mol. The number of hydrogen-bond acceptors (Lipinski definition) is 4. The fraction of sp³-hybridized carbons (Fsp3) is 0.0455. The normalized spacial score (nSPS) is 11.7. The molecule has 4 nitrogen and oxygen atoms in total. The molecule has 0 amide bonds. The molecule has 0 aliphatic rings. The van der Waals surface area contributed by atoms with Gasteiger partial charge in [0.25, 0.3) is 0 Å². The van der Waals surface area contributed by atoms with Gasteiger partial charge in [-0.2, -0.15) is 5.26 Å². The Morgan fingerprint density at radius 1 is 1.07 bits per heavy atom. The molecule has 3 aromatic rings. The topological polar surface area (TPSA) is 67.2 Å². The maximum absolute atomic E-state index is 13.7. The van der Waals surface area contributed by atoms with Crippen molar-refractivity contribution >= 4 is 27.5 Å². The van der Waals surface area contributed by atoms with E-state index in [2.05, 4.69) is 0 Å². The average Bonchev–Trinajstić information content (AvgIpc) is 2.72. The minimum absolute atomic E-state index is 0.0218. The number of halogens is 2. The second-order valence-electron chi connectivity index (χ2n) is 6.03. The average molecular weight is 428 g/mol. The smallest absolute Gasteiger partial charge is 0.216 e. The molecule has 0 fully saturated rings. The molecule has 0 bridgehead atoms. The molecule has 3 aromatic carbocycles. The highest BCUT2D eigenvalue weighted by Gasteiger charge is 2.20. The van der Waals surface area contributed by atoms with Crippen LogP contribution in [0, 0.1) is 17.1 Å². The lowest BCUT2D eigenvalue weighted by atomic mass is 10.2. The SMILES string of the molecule is N#CC(=Cc1cccc(OCc2ccccc2F)c1)S(=O)(=O)c1ccc(Cl)cc1. The van der Waals surface area contributed by atoms with Crippen molar-refractivity contribution in [2.45, 2.75) is 11.5 Å². The lowest BCUT2D eigenvalue weighted by molar-refractivity contribution is 0.300. The van der Waals surface area contributed by atoms with Gasteiger partial charge >= 0.3 is 0 Å². The molecule has 0 heterocycles. The molecule has 7 heteroatoms. The van der Waals surface area contributed by atoms with E-state index in [1.165, 1.54) is 36.4 Å². The number of benzene rings is 3. The summed E-state index contributed by atoms with van der Waals surface area (Å²) < 4.78 is 44.7. The Labute approximate surface area is 173 Å². The number of nitriles is 1. The van der Waals surface area contributed by atoms with Gasteiger partial charge in [-0.05, 0) is 54.1 Å². The summed E-state index contributed by atoms with van der Waals surface area (Å²) in [6.45, 7) is 0.0218. The standard InChI is InChI=1S/C22H15ClFNO3S/c23-18-8-10-20(11-9-18)29(26,27)21(14-25)13-16-4-3-6-19(12-16)28-15-17-5-1-2-7-22(17)24/h1-13H,15H2. The van der Waals surface area contributed by atoms with Crippen LogP contribution in [0.5, 0.6) is 5.75 Å². The molecule has 0 aliphatic carbocycles. The Balaban J connectivity index is 1.85. The number of sulfone groups is 1. The third kappa shape index (κ3) is 5.02. The largest absolute Gasteiger partial charge is 0.489 e. The molecule has 29 heavy (non-hydrogen) atoms. The van der Waals surface area contributed by atoms with Gasteiger partial charge in [0.2, 0.25) is 9.84 Å². The molecule has 0 unspecified atom stereocenters. The van der Waals surface area contributed by atoms with E-state index in [9.17, 15) is 18.1 Å². The van der Waals surface area contributed by atoms with Crippen molar-refractivity contribution in [1.29, 1.82) is 5.26 Å². The lowest BCUT2D eigenvalue weighted by Crippen LogP contribution is -2.03. The van der Waals surface area contributed by atoms with Crippen molar-refractivity contribution in [3.05, 3.63) is 99.7 Å². The van der Waals surface area contributed by atoms with E-state index in [0.29, 0.717) is 21.9 Å². The van der Waals surface area contributed by atoms with Crippen molar-refractivity contribution < 1.29 is 17.5 Å². The minimum Gasteiger partial charge on any atom is -0.489 e. The second-order valence-corrected chi connectivity index (χ2v) is 8.38. The quantitative estimate of drug-likeness (QED) is 0.494. The molecule has 0 atom stereocenters. The summed E-state index contributed by atoms with van der Waals surface area (Å²) in [4.78, 5) is -0.437. The Kier molecular flexibility index (Phi) is 6.32. The summed E-state index contributed by atoms with van der Waals surface area (Å²) in [7, 11) is -3.99. The fourth-order valence-corrected chi connectivity index (χ4v) is 3.82. The Hall–Kier alpha value is -3.14. The van der Waals surface area contributed by atoms with Gasteiger partial charge < -0.3 is 4.74 Å². The monoisotopic (exact) mass is 427 g/mol. The van der Waals surface area contributed by atoms with Crippen LogP contribution in [0.4, 0.5) is 4.39 Å². The maximum atomic E-state index is 13.7. The summed E-state index contributed by atoms with van der Waals surface area (Å²) in [5, 5.41) is 9.79. The van der Waals surface area contributed by atoms with Crippen molar-refractivity contribution in [1.82, 2.24) is 0 Å². The first kappa shape index (κ1) is 20.6. The highest BCUT2D eigenvalue weighted by atomic mass is 35.5. The van der Waals surface area contributed by atoms with Gasteiger partial charge in [-0.15, -0.1) is 0 Å². The van der Waals surface area contributed by atoms with E-state index in [1.807, 2.05) is 0 Å². The molecule has 3 rings (SSSR count). The van der Waals surface area contributed by atoms with Crippen LogP contribution < -0.4 is 4.74 Å². The molecule has 0 N–H and O–H groups in total. The predicted molar refractivity (Wildman–Crippen MR) is 109 cm³/mol. The number of hydrogen-bond donors (Lipinski definition) is 0. The third-order valence-corrected chi connectivity index (χ3v) is 5.96. The van der Waals surface area contributed by atoms with E-state index < -0.39 is 14.7 Å². The lowest BCUT2D eigenvalue weighted by Gasteiger charge is -2.08. The summed E-state index contributed by atoms with van der Waals surface area (Å²) in [6, 6.07) is 20.1. The van der Waals surface area contributed by atoms with Gasteiger partial charge in [-0.3, -0.25) is 0 Å². The van der Waals surface area contributed by atoms with Gasteiger partial charge in [0.15, 0.2) is 0 Å². The zero-order valence-electron chi connectivity index (χ0n) is 15.0. The van der Waals surface area contributed by atoms with Crippen molar-refractivity contribution in [2.75, 3.05) is 0 Å². The van der Waals surface area contributed by atoms with Crippen LogP contribution >= 0.6 is 11.6 Å². The highest BCUT2D eigenvalue weighted by molar-refractivity contribution is 7.95. The van der Waals surface area contributed by atoms with Crippen LogP contribution in [0.1, 0.15) is 11.1 Å². The maximum Gasteiger partial charge on any atom is 0.216 e. The minimum atomic E-state index is -3.99.